The van der Waals surface area contributed by atoms with Crippen LogP contribution in [0, 0.1) is 17.5 Å². The van der Waals surface area contributed by atoms with Crippen molar-refractivity contribution in [3.63, 3.8) is 0 Å². The molecule has 0 aliphatic carbocycles. The SMILES string of the molecule is O=C(Nc1cc(-c2ccn3ncnc3c2F)cc2c1[C@H](c1cc(F)ccc1Cl)NC2=O)c1cc(F)cc(C(F)(F)F)c1. The number of aromatic nitrogens is 3. The zero-order chi connectivity index (χ0) is 29.9. The minimum Gasteiger partial charge on any atom is -0.341 e. The van der Waals surface area contributed by atoms with Crippen molar-refractivity contribution < 1.29 is 35.9 Å². The smallest absolute Gasteiger partial charge is 0.341 e. The van der Waals surface area contributed by atoms with Gasteiger partial charge in [0.2, 0.25) is 0 Å². The summed E-state index contributed by atoms with van der Waals surface area (Å²) in [4.78, 5) is 30.2. The molecule has 2 aromatic heterocycles. The molecule has 5 aromatic rings. The van der Waals surface area contributed by atoms with E-state index in [1.165, 1.54) is 35.0 Å². The minimum absolute atomic E-state index is 0.0426. The summed E-state index contributed by atoms with van der Waals surface area (Å²) < 4.78 is 84.8. The molecule has 0 unspecified atom stereocenters. The minimum atomic E-state index is -4.94. The Bertz CT molecular complexity index is 1940. The van der Waals surface area contributed by atoms with E-state index in [2.05, 4.69) is 20.7 Å². The van der Waals surface area contributed by atoms with Gasteiger partial charge in [-0.05, 0) is 60.2 Å². The molecule has 3 heterocycles. The van der Waals surface area contributed by atoms with Crippen LogP contribution in [0.5, 0.6) is 0 Å². The first-order valence-corrected chi connectivity index (χ1v) is 12.4. The van der Waals surface area contributed by atoms with Gasteiger partial charge in [-0.1, -0.05) is 11.6 Å². The highest BCUT2D eigenvalue weighted by molar-refractivity contribution is 6.31. The fourth-order valence-electron chi connectivity index (χ4n) is 4.82. The molecule has 14 heteroatoms. The molecule has 3 aromatic carbocycles. The third-order valence-corrected chi connectivity index (χ3v) is 7.04. The highest BCUT2D eigenvalue weighted by Crippen LogP contribution is 2.42. The third kappa shape index (κ3) is 4.71. The second-order valence-electron chi connectivity index (χ2n) is 9.31. The summed E-state index contributed by atoms with van der Waals surface area (Å²) in [5, 5.41) is 8.99. The van der Waals surface area contributed by atoms with Crippen LogP contribution >= 0.6 is 11.6 Å². The summed E-state index contributed by atoms with van der Waals surface area (Å²) in [7, 11) is 0. The van der Waals surface area contributed by atoms with Gasteiger partial charge in [0.05, 0.1) is 11.6 Å². The number of hydrogen-bond acceptors (Lipinski definition) is 4. The lowest BCUT2D eigenvalue weighted by atomic mass is 9.92. The maximum atomic E-state index is 15.4. The van der Waals surface area contributed by atoms with Crippen LogP contribution in [0.3, 0.4) is 0 Å². The van der Waals surface area contributed by atoms with E-state index in [0.717, 1.165) is 18.5 Å². The normalized spacial score (nSPS) is 14.6. The van der Waals surface area contributed by atoms with Gasteiger partial charge >= 0.3 is 6.18 Å². The highest BCUT2D eigenvalue weighted by Gasteiger charge is 2.36. The molecule has 6 rings (SSSR count). The highest BCUT2D eigenvalue weighted by atomic mass is 35.5. The lowest BCUT2D eigenvalue weighted by molar-refractivity contribution is -0.137. The second-order valence-corrected chi connectivity index (χ2v) is 9.72. The Morgan fingerprint density at radius 1 is 0.976 bits per heavy atom. The average molecular weight is 602 g/mol. The Morgan fingerprint density at radius 2 is 1.76 bits per heavy atom. The molecule has 1 atom stereocenters. The van der Waals surface area contributed by atoms with Gasteiger partial charge in [-0.15, -0.1) is 0 Å². The predicted molar refractivity (Wildman–Crippen MR) is 138 cm³/mol. The summed E-state index contributed by atoms with van der Waals surface area (Å²) in [6.07, 6.45) is -2.40. The Balaban J connectivity index is 1.53. The number of fused-ring (bicyclic) bond motifs is 2. The molecule has 42 heavy (non-hydrogen) atoms. The molecule has 1 aliphatic rings. The van der Waals surface area contributed by atoms with Crippen molar-refractivity contribution in [2.45, 2.75) is 12.2 Å². The second kappa shape index (κ2) is 9.87. The van der Waals surface area contributed by atoms with Crippen molar-refractivity contribution in [2.75, 3.05) is 5.32 Å². The van der Waals surface area contributed by atoms with Gasteiger partial charge in [-0.25, -0.2) is 22.7 Å². The van der Waals surface area contributed by atoms with Crippen molar-refractivity contribution in [1.82, 2.24) is 19.9 Å². The summed E-state index contributed by atoms with van der Waals surface area (Å²) in [6.45, 7) is 0. The van der Waals surface area contributed by atoms with Crippen LogP contribution in [0.25, 0.3) is 16.8 Å². The number of carbonyl (C=O) groups is 2. The summed E-state index contributed by atoms with van der Waals surface area (Å²) in [5.41, 5.74) is -2.14. The molecule has 7 nitrogen and oxygen atoms in total. The zero-order valence-corrected chi connectivity index (χ0v) is 21.5. The van der Waals surface area contributed by atoms with Crippen molar-refractivity contribution in [2.24, 2.45) is 0 Å². The van der Waals surface area contributed by atoms with Crippen LogP contribution in [0.15, 0.2) is 67.1 Å². The van der Waals surface area contributed by atoms with Crippen molar-refractivity contribution in [3.8, 4) is 11.1 Å². The van der Waals surface area contributed by atoms with Crippen molar-refractivity contribution in [1.29, 1.82) is 0 Å². The van der Waals surface area contributed by atoms with Crippen LogP contribution in [0.4, 0.5) is 32.0 Å². The van der Waals surface area contributed by atoms with E-state index in [0.29, 0.717) is 12.1 Å². The number of halogens is 7. The lowest BCUT2D eigenvalue weighted by Crippen LogP contribution is -2.21. The molecule has 0 fully saturated rings. The van der Waals surface area contributed by atoms with Gasteiger partial charge in [-0.2, -0.15) is 18.3 Å². The Hall–Kier alpha value is -4.91. The summed E-state index contributed by atoms with van der Waals surface area (Å²) in [5.74, 6) is -4.63. The average Bonchev–Trinajstić information content (AvgIpc) is 3.55. The van der Waals surface area contributed by atoms with E-state index in [4.69, 9.17) is 11.6 Å². The molecular weight excluding hydrogens is 588 g/mol. The number of carbonyl (C=O) groups excluding carboxylic acids is 2. The van der Waals surface area contributed by atoms with Gasteiger partial charge in [-0.3, -0.25) is 9.59 Å². The first-order valence-electron chi connectivity index (χ1n) is 12.0. The maximum Gasteiger partial charge on any atom is 0.416 e. The standard InChI is InChI=1S/C28H14ClF6N5O2/c29-20-2-1-15(30)10-18(20)24-22-19(27(42)39-24)7-12(17-3-4-40-25(23(17)32)36-11-37-40)8-21(22)38-26(41)13-5-14(28(33,34)35)9-16(31)6-13/h1-11,24H,(H,38,41)(H,39,42)/t24-/m0/s1. The van der Waals surface area contributed by atoms with Crippen LogP contribution in [-0.2, 0) is 6.18 Å². The molecule has 212 valence electrons. The first-order chi connectivity index (χ1) is 19.9. The van der Waals surface area contributed by atoms with Gasteiger partial charge in [0, 0.05) is 44.7 Å². The number of amides is 2. The van der Waals surface area contributed by atoms with E-state index in [-0.39, 0.29) is 50.2 Å². The van der Waals surface area contributed by atoms with Crippen LogP contribution in [0.1, 0.15) is 43.4 Å². The van der Waals surface area contributed by atoms with Gasteiger partial charge < -0.3 is 10.6 Å². The summed E-state index contributed by atoms with van der Waals surface area (Å²) in [6, 6.07) is 7.60. The molecule has 0 spiro atoms. The molecule has 0 saturated carbocycles. The van der Waals surface area contributed by atoms with Gasteiger partial charge in [0.1, 0.15) is 18.0 Å². The molecule has 2 N–H and O–H groups in total. The van der Waals surface area contributed by atoms with E-state index < -0.39 is 52.6 Å². The van der Waals surface area contributed by atoms with Gasteiger partial charge in [0.25, 0.3) is 11.8 Å². The number of benzene rings is 3. The molecule has 1 aliphatic heterocycles. The Morgan fingerprint density at radius 3 is 2.52 bits per heavy atom. The number of hydrogen-bond donors (Lipinski definition) is 2. The molecular formula is C28H14ClF6N5O2. The van der Waals surface area contributed by atoms with E-state index >= 15 is 4.39 Å². The quantitative estimate of drug-likeness (QED) is 0.228. The van der Waals surface area contributed by atoms with E-state index in [9.17, 15) is 31.5 Å². The summed E-state index contributed by atoms with van der Waals surface area (Å²) >= 11 is 6.30. The Kier molecular flexibility index (Phi) is 6.41. The number of anilines is 1. The number of nitrogens with zero attached hydrogens (tertiary/aromatic N) is 3. The third-order valence-electron chi connectivity index (χ3n) is 6.69. The molecule has 0 bridgehead atoms. The molecule has 2 amide bonds. The van der Waals surface area contributed by atoms with Crippen molar-refractivity contribution in [3.05, 3.63) is 117 Å². The maximum absolute atomic E-state index is 15.4. The van der Waals surface area contributed by atoms with Crippen LogP contribution < -0.4 is 10.6 Å². The number of nitrogens with one attached hydrogen (secondary N) is 2. The predicted octanol–water partition coefficient (Wildman–Crippen LogP) is 6.57. The first kappa shape index (κ1) is 27.3. The molecule has 0 radical (unpaired) electrons. The lowest BCUT2D eigenvalue weighted by Gasteiger charge is -2.19. The Labute approximate surface area is 236 Å². The fraction of sp³-hybridized carbons (Fsp3) is 0.0714. The number of alkyl halides is 3. The van der Waals surface area contributed by atoms with Crippen LogP contribution in [0.2, 0.25) is 5.02 Å². The number of rotatable bonds is 4. The van der Waals surface area contributed by atoms with Crippen molar-refractivity contribution >= 4 is 34.7 Å². The largest absolute Gasteiger partial charge is 0.416 e. The van der Waals surface area contributed by atoms with Crippen LogP contribution in [-0.4, -0.2) is 26.4 Å². The van der Waals surface area contributed by atoms with Gasteiger partial charge in [0.15, 0.2) is 11.5 Å². The monoisotopic (exact) mass is 601 g/mol. The topological polar surface area (TPSA) is 88.4 Å². The van der Waals surface area contributed by atoms with E-state index in [1.54, 1.807) is 0 Å². The molecule has 0 saturated heterocycles. The fourth-order valence-corrected chi connectivity index (χ4v) is 5.04. The van der Waals surface area contributed by atoms with E-state index in [1.807, 2.05) is 0 Å². The number of pyridine rings is 1. The zero-order valence-electron chi connectivity index (χ0n) is 20.7.